The summed E-state index contributed by atoms with van der Waals surface area (Å²) in [4.78, 5) is 14.8. The van der Waals surface area contributed by atoms with Crippen LogP contribution in [0.15, 0.2) is 164 Å². The number of hydrogen-bond acceptors (Lipinski definition) is 3. The molecule has 0 saturated carbocycles. The molecule has 0 aliphatic carbocycles. The van der Waals surface area contributed by atoms with Crippen molar-refractivity contribution in [2.45, 2.75) is 20.0 Å². The van der Waals surface area contributed by atoms with Crippen LogP contribution in [0.4, 0.5) is 13.2 Å². The van der Waals surface area contributed by atoms with Crippen molar-refractivity contribution in [1.29, 1.82) is 0 Å². The van der Waals surface area contributed by atoms with Gasteiger partial charge in [-0.2, -0.15) is 13.2 Å². The molecule has 9 rings (SSSR count). The van der Waals surface area contributed by atoms with E-state index in [1.54, 1.807) is 18.2 Å². The minimum atomic E-state index is -4.57. The molecule has 0 N–H and O–H groups in total. The molecule has 0 saturated heterocycles. The maximum atomic E-state index is 14.7. The number of fused-ring (bicyclic) bond motifs is 3. The summed E-state index contributed by atoms with van der Waals surface area (Å²) in [6.45, 7) is 4.18. The number of aryl methyl sites for hydroxylation is 2. The summed E-state index contributed by atoms with van der Waals surface area (Å²) in [7, 11) is 0. The first-order chi connectivity index (χ1) is 26.7. The zero-order chi connectivity index (χ0) is 37.7. The summed E-state index contributed by atoms with van der Waals surface area (Å²) in [5.74, 6) is 1.39. The highest BCUT2D eigenvalue weighted by molar-refractivity contribution is 6.11. The lowest BCUT2D eigenvalue weighted by Gasteiger charge is -2.19. The second kappa shape index (κ2) is 13.5. The van der Waals surface area contributed by atoms with E-state index in [1.165, 1.54) is 23.3 Å². The Kier molecular flexibility index (Phi) is 8.35. The van der Waals surface area contributed by atoms with E-state index < -0.39 is 11.7 Å². The van der Waals surface area contributed by atoms with Gasteiger partial charge < -0.3 is 4.57 Å². The zero-order valence-corrected chi connectivity index (χ0v) is 30.0. The summed E-state index contributed by atoms with van der Waals surface area (Å²) < 4.78 is 46.2. The number of para-hydroxylation sites is 1. The highest BCUT2D eigenvalue weighted by Crippen LogP contribution is 2.43. The van der Waals surface area contributed by atoms with Gasteiger partial charge >= 0.3 is 6.18 Å². The lowest BCUT2D eigenvalue weighted by Crippen LogP contribution is -2.08. The summed E-state index contributed by atoms with van der Waals surface area (Å²) in [6.07, 6.45) is -4.57. The first-order valence-corrected chi connectivity index (χ1v) is 18.0. The Hall–Kier alpha value is -6.86. The molecular weight excluding hydrogens is 690 g/mol. The van der Waals surface area contributed by atoms with Crippen LogP contribution >= 0.6 is 0 Å². The first-order valence-electron chi connectivity index (χ1n) is 18.0. The molecule has 0 spiro atoms. The van der Waals surface area contributed by atoms with Gasteiger partial charge in [0.1, 0.15) is 0 Å². The molecule has 9 aromatic rings. The molecule has 0 bridgehead atoms. The lowest BCUT2D eigenvalue weighted by atomic mass is 9.96. The number of aromatic nitrogens is 4. The van der Waals surface area contributed by atoms with Gasteiger partial charge in [-0.25, -0.2) is 15.0 Å². The molecule has 0 unspecified atom stereocenters. The Morgan fingerprint density at radius 1 is 0.418 bits per heavy atom. The van der Waals surface area contributed by atoms with E-state index in [4.69, 9.17) is 15.0 Å². The smallest absolute Gasteiger partial charge is 0.309 e. The van der Waals surface area contributed by atoms with Gasteiger partial charge in [0.2, 0.25) is 0 Å². The molecule has 0 atom stereocenters. The first kappa shape index (κ1) is 33.9. The Bertz CT molecular complexity index is 2800. The molecule has 2 heterocycles. The fourth-order valence-corrected chi connectivity index (χ4v) is 7.54. The molecule has 266 valence electrons. The molecule has 0 aliphatic rings. The third-order valence-corrected chi connectivity index (χ3v) is 9.95. The van der Waals surface area contributed by atoms with E-state index in [9.17, 15) is 13.2 Å². The Morgan fingerprint density at radius 2 is 0.964 bits per heavy atom. The van der Waals surface area contributed by atoms with Crippen LogP contribution in [-0.4, -0.2) is 19.5 Å². The number of alkyl halides is 3. The van der Waals surface area contributed by atoms with Crippen LogP contribution in [0.1, 0.15) is 16.7 Å². The molecular formula is C48H33F3N4. The molecule has 0 radical (unpaired) electrons. The van der Waals surface area contributed by atoms with Gasteiger partial charge in [-0.15, -0.1) is 0 Å². The maximum Gasteiger partial charge on any atom is 0.417 e. The van der Waals surface area contributed by atoms with E-state index in [0.717, 1.165) is 50.1 Å². The Labute approximate surface area is 316 Å². The average Bonchev–Trinajstić information content (AvgIpc) is 3.54. The molecule has 55 heavy (non-hydrogen) atoms. The zero-order valence-electron chi connectivity index (χ0n) is 30.0. The largest absolute Gasteiger partial charge is 0.417 e. The van der Waals surface area contributed by atoms with E-state index >= 15 is 0 Å². The minimum absolute atomic E-state index is 0.0833. The molecule has 7 aromatic carbocycles. The van der Waals surface area contributed by atoms with Crippen LogP contribution in [0, 0.1) is 13.8 Å². The summed E-state index contributed by atoms with van der Waals surface area (Å²) in [6, 6.07) is 51.5. The average molecular weight is 723 g/mol. The van der Waals surface area contributed by atoms with E-state index in [2.05, 4.69) is 60.9 Å². The van der Waals surface area contributed by atoms with Crippen molar-refractivity contribution in [3.8, 4) is 62.1 Å². The van der Waals surface area contributed by atoms with Crippen LogP contribution in [-0.2, 0) is 6.18 Å². The van der Waals surface area contributed by atoms with Gasteiger partial charge in [0, 0.05) is 33.0 Å². The summed E-state index contributed by atoms with van der Waals surface area (Å²) in [5, 5.41) is 1.98. The van der Waals surface area contributed by atoms with E-state index in [1.807, 2.05) is 84.9 Å². The van der Waals surface area contributed by atoms with Gasteiger partial charge in [-0.05, 0) is 60.9 Å². The predicted octanol–water partition coefficient (Wildman–Crippen LogP) is 12.9. The normalized spacial score (nSPS) is 11.7. The third-order valence-electron chi connectivity index (χ3n) is 9.95. The third kappa shape index (κ3) is 6.33. The fourth-order valence-electron chi connectivity index (χ4n) is 7.54. The van der Waals surface area contributed by atoms with Crippen LogP contribution in [0.25, 0.3) is 83.9 Å². The lowest BCUT2D eigenvalue weighted by molar-refractivity contribution is -0.137. The van der Waals surface area contributed by atoms with Crippen molar-refractivity contribution in [3.63, 3.8) is 0 Å². The van der Waals surface area contributed by atoms with Crippen molar-refractivity contribution in [3.05, 3.63) is 180 Å². The van der Waals surface area contributed by atoms with Crippen LogP contribution in [0.2, 0.25) is 0 Å². The number of halogens is 3. The van der Waals surface area contributed by atoms with E-state index in [-0.39, 0.29) is 5.56 Å². The number of nitrogens with zero attached hydrogens (tertiary/aromatic N) is 4. The van der Waals surface area contributed by atoms with Gasteiger partial charge in [0.25, 0.3) is 0 Å². The van der Waals surface area contributed by atoms with E-state index in [0.29, 0.717) is 34.3 Å². The van der Waals surface area contributed by atoms with Crippen molar-refractivity contribution >= 4 is 21.8 Å². The highest BCUT2D eigenvalue weighted by Gasteiger charge is 2.34. The van der Waals surface area contributed by atoms with Crippen molar-refractivity contribution in [2.75, 3.05) is 0 Å². The molecule has 2 aromatic heterocycles. The fraction of sp³-hybridized carbons (Fsp3) is 0.0625. The summed E-state index contributed by atoms with van der Waals surface area (Å²) >= 11 is 0. The Morgan fingerprint density at radius 3 is 1.62 bits per heavy atom. The minimum Gasteiger partial charge on any atom is -0.309 e. The van der Waals surface area contributed by atoms with Crippen molar-refractivity contribution in [2.24, 2.45) is 0 Å². The van der Waals surface area contributed by atoms with Crippen LogP contribution < -0.4 is 0 Å². The molecule has 4 nitrogen and oxygen atoms in total. The van der Waals surface area contributed by atoms with Crippen molar-refractivity contribution in [1.82, 2.24) is 19.5 Å². The molecule has 0 aliphatic heterocycles. The number of hydrogen-bond donors (Lipinski definition) is 0. The van der Waals surface area contributed by atoms with Crippen LogP contribution in [0.5, 0.6) is 0 Å². The van der Waals surface area contributed by atoms with Gasteiger partial charge in [0.15, 0.2) is 17.5 Å². The number of rotatable bonds is 6. The molecule has 0 fully saturated rings. The summed E-state index contributed by atoms with van der Waals surface area (Å²) in [5.41, 5.74) is 8.90. The Balaban J connectivity index is 1.33. The maximum absolute atomic E-state index is 14.7. The second-order valence-electron chi connectivity index (χ2n) is 13.8. The quantitative estimate of drug-likeness (QED) is 0.172. The monoisotopic (exact) mass is 722 g/mol. The van der Waals surface area contributed by atoms with Crippen molar-refractivity contribution < 1.29 is 13.2 Å². The second-order valence-corrected chi connectivity index (χ2v) is 13.8. The predicted molar refractivity (Wildman–Crippen MR) is 216 cm³/mol. The topological polar surface area (TPSA) is 43.6 Å². The highest BCUT2D eigenvalue weighted by atomic mass is 19.4. The SMILES string of the molecule is Cc1cc(C)cc(-c2ccc3c(c2)c2ccccc2n3-c2cc(-c3nc(-c4ccccc4)nc(-c4ccccc4)n3)ccc2-c2ccccc2C(F)(F)F)c1. The van der Waals surface area contributed by atoms with Crippen LogP contribution in [0.3, 0.4) is 0 Å². The molecule has 0 amide bonds. The number of benzene rings is 7. The van der Waals surface area contributed by atoms with Gasteiger partial charge in [0.05, 0.1) is 22.3 Å². The van der Waals surface area contributed by atoms with Gasteiger partial charge in [-0.3, -0.25) is 0 Å². The molecule has 7 heteroatoms. The standard InChI is InChI=1S/C48H33F3N4/c1-30-25-31(2)27-36(26-30)34-22-24-43-40(28-34)38-18-10-12-20-42(38)55(43)44-29-35(21-23-39(44)37-17-9-11-19-41(37)48(49,50)51)47-53-45(32-13-5-3-6-14-32)52-46(54-47)33-15-7-4-8-16-33/h3-29H,1-2H3. The van der Waals surface area contributed by atoms with Gasteiger partial charge in [-0.1, -0.05) is 145 Å².